The largest absolute Gasteiger partial charge is 0.455 e. The molecule has 0 N–H and O–H groups in total. The topological polar surface area (TPSA) is 106 Å². The third kappa shape index (κ3) is 2.64. The molecule has 5 aliphatic rings. The molecule has 2 amide bonds. The van der Waals surface area contributed by atoms with Crippen molar-refractivity contribution in [2.75, 3.05) is 0 Å². The highest BCUT2D eigenvalue weighted by Gasteiger charge is 2.67. The summed E-state index contributed by atoms with van der Waals surface area (Å²) < 4.78 is 5.67. The standard InChI is InChI=1S/C22H16ClN3O5/c23-10-1-3-14(17(7-10)26(29)30)18-6-2-11(31-18)9-24-25-21(27)19-12-4-5-13(16-8-15(12)16)20(19)22(25)28/h1-7,9,12-13,15-16,19-20H,8H2. The SMILES string of the molecule is O=C1C2C3C=CC(C4CC34)C2C(=O)N1N=Cc1ccc(-c2ccc(Cl)cc2[N+](=O)[O-])o1. The lowest BCUT2D eigenvalue weighted by atomic mass is 9.63. The monoisotopic (exact) mass is 437 g/mol. The number of amides is 2. The van der Waals surface area contributed by atoms with Gasteiger partial charge in [-0.25, -0.2) is 0 Å². The third-order valence-corrected chi connectivity index (χ3v) is 7.22. The van der Waals surface area contributed by atoms with Crippen LogP contribution >= 0.6 is 11.6 Å². The first-order valence-electron chi connectivity index (χ1n) is 10.1. The van der Waals surface area contributed by atoms with Gasteiger partial charge in [-0.15, -0.1) is 0 Å². The number of nitro groups is 1. The van der Waals surface area contributed by atoms with E-state index in [1.165, 1.54) is 24.4 Å². The van der Waals surface area contributed by atoms with Crippen LogP contribution in [-0.4, -0.2) is 28.0 Å². The summed E-state index contributed by atoms with van der Waals surface area (Å²) in [6.07, 6.45) is 6.62. The Labute approximate surface area is 181 Å². The maximum atomic E-state index is 12.9. The minimum Gasteiger partial charge on any atom is -0.455 e. The summed E-state index contributed by atoms with van der Waals surface area (Å²) in [4.78, 5) is 36.7. The molecular formula is C22H16ClN3O5. The van der Waals surface area contributed by atoms with E-state index in [0.29, 0.717) is 11.8 Å². The average Bonchev–Trinajstić information content (AvgIpc) is 3.39. The fraction of sp³-hybridized carbons (Fsp3) is 0.318. The number of benzene rings is 1. The predicted octanol–water partition coefficient (Wildman–Crippen LogP) is 3.90. The zero-order valence-corrected chi connectivity index (χ0v) is 16.8. The molecule has 3 fully saturated rings. The Morgan fingerprint density at radius 1 is 1.10 bits per heavy atom. The molecule has 0 radical (unpaired) electrons. The number of furan rings is 1. The zero-order chi connectivity index (χ0) is 21.4. The molecule has 6 atom stereocenters. The first-order valence-corrected chi connectivity index (χ1v) is 10.5. The highest BCUT2D eigenvalue weighted by molar-refractivity contribution is 6.30. The molecule has 2 heterocycles. The van der Waals surface area contributed by atoms with Gasteiger partial charge in [0.25, 0.3) is 17.5 Å². The minimum atomic E-state index is -0.534. The van der Waals surface area contributed by atoms with Gasteiger partial charge in [-0.2, -0.15) is 10.1 Å². The Hall–Kier alpha value is -3.26. The van der Waals surface area contributed by atoms with E-state index in [-0.39, 0.29) is 63.3 Å². The van der Waals surface area contributed by atoms with E-state index >= 15 is 0 Å². The number of carbonyl (C=O) groups is 2. The second-order valence-electron chi connectivity index (χ2n) is 8.51. The van der Waals surface area contributed by atoms with E-state index in [0.717, 1.165) is 11.4 Å². The summed E-state index contributed by atoms with van der Waals surface area (Å²) in [6, 6.07) is 7.45. The number of hydrogen-bond acceptors (Lipinski definition) is 6. The zero-order valence-electron chi connectivity index (χ0n) is 16.1. The van der Waals surface area contributed by atoms with Crippen molar-refractivity contribution < 1.29 is 18.9 Å². The Morgan fingerprint density at radius 2 is 1.77 bits per heavy atom. The van der Waals surface area contributed by atoms with Crippen LogP contribution in [0.3, 0.4) is 0 Å². The van der Waals surface area contributed by atoms with Crippen LogP contribution in [0, 0.1) is 45.6 Å². The normalized spacial score (nSPS) is 32.6. The van der Waals surface area contributed by atoms with Crippen LogP contribution in [0.15, 0.2) is 52.0 Å². The van der Waals surface area contributed by atoms with Gasteiger partial charge in [0.2, 0.25) is 0 Å². The van der Waals surface area contributed by atoms with Crippen LogP contribution in [-0.2, 0) is 9.59 Å². The highest BCUT2D eigenvalue weighted by atomic mass is 35.5. The van der Waals surface area contributed by atoms with Crippen molar-refractivity contribution in [2.45, 2.75) is 6.42 Å². The first kappa shape index (κ1) is 18.5. The van der Waals surface area contributed by atoms with Crippen LogP contribution < -0.4 is 0 Å². The number of nitro benzene ring substituents is 1. The van der Waals surface area contributed by atoms with E-state index < -0.39 is 4.92 Å². The molecule has 156 valence electrons. The van der Waals surface area contributed by atoms with E-state index in [1.54, 1.807) is 12.1 Å². The number of imide groups is 1. The fourth-order valence-corrected chi connectivity index (χ4v) is 5.77. The molecule has 1 aliphatic heterocycles. The maximum Gasteiger partial charge on any atom is 0.281 e. The quantitative estimate of drug-likeness (QED) is 0.237. The van der Waals surface area contributed by atoms with Crippen LogP contribution in [0.1, 0.15) is 12.2 Å². The molecule has 1 aromatic heterocycles. The molecule has 7 rings (SSSR count). The van der Waals surface area contributed by atoms with Crippen molar-refractivity contribution in [2.24, 2.45) is 40.6 Å². The molecule has 31 heavy (non-hydrogen) atoms. The smallest absolute Gasteiger partial charge is 0.281 e. The van der Waals surface area contributed by atoms with Crippen LogP contribution in [0.5, 0.6) is 0 Å². The second-order valence-corrected chi connectivity index (χ2v) is 8.94. The van der Waals surface area contributed by atoms with Gasteiger partial charge in [0.05, 0.1) is 28.5 Å². The number of carbonyl (C=O) groups excluding carboxylic acids is 2. The van der Waals surface area contributed by atoms with E-state index in [4.69, 9.17) is 16.0 Å². The summed E-state index contributed by atoms with van der Waals surface area (Å²) in [6.45, 7) is 0. The van der Waals surface area contributed by atoms with Gasteiger partial charge < -0.3 is 4.42 Å². The number of nitrogens with zero attached hydrogens (tertiary/aromatic N) is 3. The molecule has 8 nitrogen and oxygen atoms in total. The molecule has 2 aromatic rings. The summed E-state index contributed by atoms with van der Waals surface area (Å²) in [5.74, 6) is 0.736. The summed E-state index contributed by atoms with van der Waals surface area (Å²) in [5, 5.41) is 16.7. The lowest BCUT2D eigenvalue weighted by molar-refractivity contribution is -0.384. The number of hydrazone groups is 1. The van der Waals surface area contributed by atoms with Gasteiger partial charge in [-0.3, -0.25) is 19.7 Å². The Balaban J connectivity index is 1.26. The van der Waals surface area contributed by atoms with Gasteiger partial charge in [0.1, 0.15) is 11.5 Å². The fourth-order valence-electron chi connectivity index (χ4n) is 5.60. The molecule has 2 saturated carbocycles. The van der Waals surface area contributed by atoms with E-state index in [2.05, 4.69) is 17.3 Å². The van der Waals surface area contributed by atoms with Crippen molar-refractivity contribution in [3.05, 3.63) is 63.4 Å². The summed E-state index contributed by atoms with van der Waals surface area (Å²) in [5.41, 5.74) is 0.0936. The molecule has 4 aliphatic carbocycles. The van der Waals surface area contributed by atoms with Crippen LogP contribution in [0.4, 0.5) is 5.69 Å². The van der Waals surface area contributed by atoms with Gasteiger partial charge in [-0.05, 0) is 54.4 Å². The van der Waals surface area contributed by atoms with Gasteiger partial charge in [-0.1, -0.05) is 23.8 Å². The summed E-state index contributed by atoms with van der Waals surface area (Å²) >= 11 is 5.86. The summed E-state index contributed by atoms with van der Waals surface area (Å²) in [7, 11) is 0. The Bertz CT molecular complexity index is 1180. The number of allylic oxidation sites excluding steroid dienone is 2. The molecular weight excluding hydrogens is 422 g/mol. The highest BCUT2D eigenvalue weighted by Crippen LogP contribution is 2.65. The molecule has 0 spiro atoms. The van der Waals surface area contributed by atoms with Crippen LogP contribution in [0.25, 0.3) is 11.3 Å². The molecule has 2 bridgehead atoms. The van der Waals surface area contributed by atoms with Crippen molar-refractivity contribution in [3.63, 3.8) is 0 Å². The van der Waals surface area contributed by atoms with Crippen molar-refractivity contribution >= 4 is 35.3 Å². The number of rotatable bonds is 4. The van der Waals surface area contributed by atoms with Gasteiger partial charge >= 0.3 is 0 Å². The van der Waals surface area contributed by atoms with Gasteiger partial charge in [0.15, 0.2) is 0 Å². The second kappa shape index (κ2) is 6.37. The third-order valence-electron chi connectivity index (χ3n) is 6.99. The number of hydrogen-bond donors (Lipinski definition) is 0. The predicted molar refractivity (Wildman–Crippen MR) is 110 cm³/mol. The van der Waals surface area contributed by atoms with E-state index in [1.807, 2.05) is 0 Å². The van der Waals surface area contributed by atoms with Crippen LogP contribution in [0.2, 0.25) is 5.02 Å². The molecule has 1 saturated heterocycles. The van der Waals surface area contributed by atoms with Crippen molar-refractivity contribution in [3.8, 4) is 11.3 Å². The lowest BCUT2D eigenvalue weighted by Crippen LogP contribution is -2.40. The Morgan fingerprint density at radius 3 is 2.42 bits per heavy atom. The molecule has 9 heteroatoms. The molecule has 1 aromatic carbocycles. The van der Waals surface area contributed by atoms with E-state index in [9.17, 15) is 19.7 Å². The van der Waals surface area contributed by atoms with Gasteiger partial charge in [0, 0.05) is 11.1 Å². The van der Waals surface area contributed by atoms with Crippen molar-refractivity contribution in [1.29, 1.82) is 0 Å². The first-order chi connectivity index (χ1) is 14.9. The number of halogens is 1. The lowest BCUT2D eigenvalue weighted by Gasteiger charge is -2.37. The van der Waals surface area contributed by atoms with Crippen molar-refractivity contribution in [1.82, 2.24) is 5.01 Å². The maximum absolute atomic E-state index is 12.9. The Kier molecular flexibility index (Phi) is 3.80. The minimum absolute atomic E-state index is 0.136. The molecule has 6 unspecified atom stereocenters. The average molecular weight is 438 g/mol.